The Hall–Kier alpha value is -1.77. The van der Waals surface area contributed by atoms with E-state index in [1.807, 2.05) is 38.1 Å². The molecule has 3 heteroatoms. The fourth-order valence-corrected chi connectivity index (χ4v) is 1.26. The second-order valence-corrected chi connectivity index (χ2v) is 3.89. The number of hydrogen-bond donors (Lipinski definition) is 2. The minimum atomic E-state index is -0.139. The molecule has 0 heterocycles. The molecule has 1 rings (SSSR count). The van der Waals surface area contributed by atoms with E-state index in [-0.39, 0.29) is 5.91 Å². The molecule has 3 nitrogen and oxygen atoms in total. The highest BCUT2D eigenvalue weighted by Gasteiger charge is 1.96. The van der Waals surface area contributed by atoms with Crippen LogP contribution in [0.1, 0.15) is 26.3 Å². The maximum absolute atomic E-state index is 11.3. The Balaban J connectivity index is 2.48. The van der Waals surface area contributed by atoms with Crippen LogP contribution in [0.5, 0.6) is 0 Å². The van der Waals surface area contributed by atoms with Crippen molar-refractivity contribution in [2.45, 2.75) is 27.2 Å². The number of nitrogens with one attached hydrogen (secondary N) is 2. The molecule has 1 amide bonds. The lowest BCUT2D eigenvalue weighted by molar-refractivity contribution is -0.116. The summed E-state index contributed by atoms with van der Waals surface area (Å²) in [6.45, 7) is 5.88. The first-order valence-corrected chi connectivity index (χ1v) is 5.41. The molecule has 0 saturated carbocycles. The minimum Gasteiger partial charge on any atom is -0.298 e. The van der Waals surface area contributed by atoms with Gasteiger partial charge in [-0.3, -0.25) is 15.6 Å². The van der Waals surface area contributed by atoms with E-state index in [2.05, 4.69) is 17.8 Å². The molecule has 0 atom stereocenters. The first kappa shape index (κ1) is 12.3. The third kappa shape index (κ3) is 4.17. The summed E-state index contributed by atoms with van der Waals surface area (Å²) < 4.78 is 0. The molecule has 0 aliphatic carbocycles. The number of amides is 1. The molecule has 86 valence electrons. The maximum atomic E-state index is 11.3. The molecule has 1 aromatic carbocycles. The van der Waals surface area contributed by atoms with Gasteiger partial charge in [-0.1, -0.05) is 24.6 Å². The molecule has 0 bridgehead atoms. The van der Waals surface area contributed by atoms with E-state index < -0.39 is 0 Å². The van der Waals surface area contributed by atoms with E-state index in [1.54, 1.807) is 6.08 Å². The Morgan fingerprint density at radius 3 is 2.38 bits per heavy atom. The highest BCUT2D eigenvalue weighted by molar-refractivity contribution is 5.88. The molecule has 0 saturated heterocycles. The highest BCUT2D eigenvalue weighted by Crippen LogP contribution is 2.08. The van der Waals surface area contributed by atoms with Crippen LogP contribution in [-0.4, -0.2) is 5.91 Å². The number of aryl methyl sites for hydroxylation is 1. The predicted molar refractivity (Wildman–Crippen MR) is 67.0 cm³/mol. The van der Waals surface area contributed by atoms with Gasteiger partial charge in [0.15, 0.2) is 0 Å². The van der Waals surface area contributed by atoms with Crippen molar-refractivity contribution in [3.05, 3.63) is 41.5 Å². The quantitative estimate of drug-likeness (QED) is 0.602. The van der Waals surface area contributed by atoms with Crippen molar-refractivity contribution in [1.29, 1.82) is 0 Å². The van der Waals surface area contributed by atoms with Crippen LogP contribution in [0.4, 0.5) is 5.69 Å². The van der Waals surface area contributed by atoms with Crippen LogP contribution in [0.3, 0.4) is 0 Å². The monoisotopic (exact) mass is 218 g/mol. The second-order valence-electron chi connectivity index (χ2n) is 3.89. The van der Waals surface area contributed by atoms with Crippen molar-refractivity contribution in [2.24, 2.45) is 0 Å². The summed E-state index contributed by atoms with van der Waals surface area (Å²) >= 11 is 0. The maximum Gasteiger partial charge on any atom is 0.262 e. The lowest BCUT2D eigenvalue weighted by Gasteiger charge is -2.07. The predicted octanol–water partition coefficient (Wildman–Crippen LogP) is 2.66. The average Bonchev–Trinajstić information content (AvgIpc) is 2.26. The number of anilines is 1. The van der Waals surface area contributed by atoms with Crippen molar-refractivity contribution < 1.29 is 4.79 Å². The standard InChI is InChI=1S/C13H18N2O/c1-4-11-5-7-12(8-6-11)14-15-13(16)9-10(2)3/h5-9,14H,4H2,1-3H3,(H,15,16). The average molecular weight is 218 g/mol. The van der Waals surface area contributed by atoms with Gasteiger partial charge in [-0.25, -0.2) is 0 Å². The van der Waals surface area contributed by atoms with E-state index in [0.29, 0.717) is 0 Å². The molecule has 0 radical (unpaired) electrons. The summed E-state index contributed by atoms with van der Waals surface area (Å²) in [5.74, 6) is -0.139. The van der Waals surface area contributed by atoms with Gasteiger partial charge in [0.1, 0.15) is 0 Å². The largest absolute Gasteiger partial charge is 0.298 e. The fourth-order valence-electron chi connectivity index (χ4n) is 1.26. The summed E-state index contributed by atoms with van der Waals surface area (Å²) in [4.78, 5) is 11.3. The third-order valence-corrected chi connectivity index (χ3v) is 2.11. The van der Waals surface area contributed by atoms with Gasteiger partial charge >= 0.3 is 0 Å². The zero-order valence-corrected chi connectivity index (χ0v) is 10.0. The second kappa shape index (κ2) is 5.95. The van der Waals surface area contributed by atoms with E-state index in [4.69, 9.17) is 0 Å². The van der Waals surface area contributed by atoms with Gasteiger partial charge in [0.05, 0.1) is 5.69 Å². The van der Waals surface area contributed by atoms with Crippen molar-refractivity contribution in [3.8, 4) is 0 Å². The zero-order chi connectivity index (χ0) is 12.0. The SMILES string of the molecule is CCc1ccc(NNC(=O)C=C(C)C)cc1. The fraction of sp³-hybridized carbons (Fsp3) is 0.308. The van der Waals surface area contributed by atoms with E-state index in [1.165, 1.54) is 5.56 Å². The molecule has 0 spiro atoms. The number of hydrazine groups is 1. The topological polar surface area (TPSA) is 41.1 Å². The van der Waals surface area contributed by atoms with Crippen LogP contribution < -0.4 is 10.9 Å². The Bertz CT molecular complexity index is 375. The van der Waals surface area contributed by atoms with Crippen LogP contribution in [0, 0.1) is 0 Å². The minimum absolute atomic E-state index is 0.139. The van der Waals surface area contributed by atoms with Crippen LogP contribution in [0.25, 0.3) is 0 Å². The summed E-state index contributed by atoms with van der Waals surface area (Å²) in [6.07, 6.45) is 2.57. The van der Waals surface area contributed by atoms with Gasteiger partial charge < -0.3 is 0 Å². The Kier molecular flexibility index (Phi) is 4.58. The number of hydrogen-bond acceptors (Lipinski definition) is 2. The first-order valence-electron chi connectivity index (χ1n) is 5.41. The zero-order valence-electron chi connectivity index (χ0n) is 10.0. The first-order chi connectivity index (χ1) is 7.61. The molecule has 16 heavy (non-hydrogen) atoms. The number of carbonyl (C=O) groups excluding carboxylic acids is 1. The molecule has 2 N–H and O–H groups in total. The molecule has 0 unspecified atom stereocenters. The van der Waals surface area contributed by atoms with Gasteiger partial charge in [0, 0.05) is 6.08 Å². The molecule has 0 aliphatic heterocycles. The van der Waals surface area contributed by atoms with Gasteiger partial charge in [-0.05, 0) is 38.0 Å². The molecular weight excluding hydrogens is 200 g/mol. The van der Waals surface area contributed by atoms with E-state index in [9.17, 15) is 4.79 Å². The molecule has 0 fully saturated rings. The lowest BCUT2D eigenvalue weighted by Crippen LogP contribution is -2.27. The van der Waals surface area contributed by atoms with Crippen molar-refractivity contribution in [1.82, 2.24) is 5.43 Å². The van der Waals surface area contributed by atoms with Gasteiger partial charge in [-0.2, -0.15) is 0 Å². The van der Waals surface area contributed by atoms with Gasteiger partial charge in [-0.15, -0.1) is 0 Å². The van der Waals surface area contributed by atoms with Gasteiger partial charge in [0.2, 0.25) is 0 Å². The Labute approximate surface area is 96.5 Å². The van der Waals surface area contributed by atoms with Crippen molar-refractivity contribution in [2.75, 3.05) is 5.43 Å². The number of carbonyl (C=O) groups is 1. The summed E-state index contributed by atoms with van der Waals surface area (Å²) in [5.41, 5.74) is 8.59. The summed E-state index contributed by atoms with van der Waals surface area (Å²) in [7, 11) is 0. The summed E-state index contributed by atoms with van der Waals surface area (Å²) in [5, 5.41) is 0. The van der Waals surface area contributed by atoms with Crippen LogP contribution in [0.2, 0.25) is 0 Å². The van der Waals surface area contributed by atoms with Crippen molar-refractivity contribution >= 4 is 11.6 Å². The lowest BCUT2D eigenvalue weighted by atomic mass is 10.2. The van der Waals surface area contributed by atoms with Gasteiger partial charge in [0.25, 0.3) is 5.91 Å². The van der Waals surface area contributed by atoms with Crippen LogP contribution >= 0.6 is 0 Å². The molecule has 0 aliphatic rings. The van der Waals surface area contributed by atoms with E-state index >= 15 is 0 Å². The number of allylic oxidation sites excluding steroid dienone is 1. The summed E-state index contributed by atoms with van der Waals surface area (Å²) in [6, 6.07) is 7.97. The highest BCUT2D eigenvalue weighted by atomic mass is 16.2. The van der Waals surface area contributed by atoms with E-state index in [0.717, 1.165) is 17.7 Å². The molecule has 0 aromatic heterocycles. The third-order valence-electron chi connectivity index (χ3n) is 2.11. The Morgan fingerprint density at radius 2 is 1.88 bits per heavy atom. The smallest absolute Gasteiger partial charge is 0.262 e. The Morgan fingerprint density at radius 1 is 1.25 bits per heavy atom. The van der Waals surface area contributed by atoms with Crippen molar-refractivity contribution in [3.63, 3.8) is 0 Å². The number of benzene rings is 1. The molecule has 1 aromatic rings. The van der Waals surface area contributed by atoms with Crippen LogP contribution in [0.15, 0.2) is 35.9 Å². The normalized spacial score (nSPS) is 9.44. The number of rotatable bonds is 4. The molecular formula is C13H18N2O. The van der Waals surface area contributed by atoms with Crippen LogP contribution in [-0.2, 0) is 11.2 Å².